The van der Waals surface area contributed by atoms with Gasteiger partial charge < -0.3 is 15.8 Å². The molecule has 30 heavy (non-hydrogen) atoms. The third-order valence-electron chi connectivity index (χ3n) is 4.11. The molecule has 0 atom stereocenters. The van der Waals surface area contributed by atoms with Gasteiger partial charge in [0.25, 0.3) is 5.91 Å². The lowest BCUT2D eigenvalue weighted by Gasteiger charge is -2.13. The minimum absolute atomic E-state index is 0.134. The maximum atomic E-state index is 12.3. The van der Waals surface area contributed by atoms with E-state index in [0.29, 0.717) is 23.5 Å². The number of primary amides is 1. The van der Waals surface area contributed by atoms with Gasteiger partial charge in [-0.2, -0.15) is 0 Å². The third-order valence-corrected chi connectivity index (χ3v) is 5.53. The van der Waals surface area contributed by atoms with E-state index in [0.717, 1.165) is 5.56 Å². The Labute approximate surface area is 176 Å². The lowest BCUT2D eigenvalue weighted by Crippen LogP contribution is -2.27. The molecule has 0 radical (unpaired) electrons. The second-order valence-electron chi connectivity index (χ2n) is 7.35. The molecular weight excluding hydrogens is 406 g/mol. The van der Waals surface area contributed by atoms with Gasteiger partial charge in [-0.3, -0.25) is 9.59 Å². The Bertz CT molecular complexity index is 1000. The number of amides is 2. The van der Waals surface area contributed by atoms with Gasteiger partial charge in [-0.25, -0.2) is 13.1 Å². The lowest BCUT2D eigenvalue weighted by atomic mass is 10.1. The molecule has 0 unspecified atom stereocenters. The highest BCUT2D eigenvalue weighted by molar-refractivity contribution is 7.89. The molecule has 2 aromatic rings. The fourth-order valence-electron chi connectivity index (χ4n) is 2.56. The molecule has 0 aliphatic heterocycles. The highest BCUT2D eigenvalue weighted by Gasteiger charge is 2.16. The van der Waals surface area contributed by atoms with Crippen LogP contribution >= 0.6 is 0 Å². The first-order valence-corrected chi connectivity index (χ1v) is 11.0. The van der Waals surface area contributed by atoms with Crippen LogP contribution in [-0.2, 0) is 26.0 Å². The zero-order valence-corrected chi connectivity index (χ0v) is 18.1. The summed E-state index contributed by atoms with van der Waals surface area (Å²) in [5, 5.41) is 2.69. The van der Waals surface area contributed by atoms with Crippen molar-refractivity contribution >= 4 is 27.5 Å². The summed E-state index contributed by atoms with van der Waals surface area (Å²) in [6, 6.07) is 11.2. The Morgan fingerprint density at radius 3 is 2.33 bits per heavy atom. The number of benzene rings is 2. The molecule has 8 nitrogen and oxygen atoms in total. The van der Waals surface area contributed by atoms with E-state index in [1.165, 1.54) is 18.2 Å². The van der Waals surface area contributed by atoms with Gasteiger partial charge in [0.05, 0.1) is 11.3 Å². The fraction of sp³-hybridized carbons (Fsp3) is 0.333. The van der Waals surface area contributed by atoms with Gasteiger partial charge in [0.2, 0.25) is 15.9 Å². The van der Waals surface area contributed by atoms with E-state index in [1.54, 1.807) is 31.2 Å². The minimum Gasteiger partial charge on any atom is -0.483 e. The molecule has 9 heteroatoms. The van der Waals surface area contributed by atoms with E-state index >= 15 is 0 Å². The summed E-state index contributed by atoms with van der Waals surface area (Å²) < 4.78 is 32.7. The van der Waals surface area contributed by atoms with E-state index in [-0.39, 0.29) is 29.7 Å². The van der Waals surface area contributed by atoms with Crippen LogP contribution in [-0.4, -0.2) is 33.4 Å². The van der Waals surface area contributed by atoms with Gasteiger partial charge in [-0.1, -0.05) is 26.0 Å². The number of carbonyl (C=O) groups is 2. The molecular formula is C21H27N3O5S. The van der Waals surface area contributed by atoms with Gasteiger partial charge in [0, 0.05) is 12.2 Å². The van der Waals surface area contributed by atoms with E-state index < -0.39 is 15.9 Å². The Kier molecular flexibility index (Phi) is 7.96. The van der Waals surface area contributed by atoms with Crippen molar-refractivity contribution < 1.29 is 22.7 Å². The summed E-state index contributed by atoms with van der Waals surface area (Å²) in [6.45, 7) is 5.67. The number of nitrogens with two attached hydrogens (primary N) is 1. The standard InChI is InChI=1S/C21H27N3O5S/c1-14(2)12-23-30(27,28)18-8-9-19(15(3)10-18)29-13-21(26)24-17-6-4-16(5-7-17)11-20(22)25/h4-10,14,23H,11-13H2,1-3H3,(H2,22,25)(H,24,26). The maximum absolute atomic E-state index is 12.3. The molecule has 4 N–H and O–H groups in total. The third kappa shape index (κ3) is 7.16. The second-order valence-corrected chi connectivity index (χ2v) is 9.12. The van der Waals surface area contributed by atoms with E-state index in [4.69, 9.17) is 10.5 Å². The van der Waals surface area contributed by atoms with Crippen LogP contribution in [0.3, 0.4) is 0 Å². The molecule has 0 aliphatic rings. The molecule has 162 valence electrons. The van der Waals surface area contributed by atoms with Crippen LogP contribution in [0, 0.1) is 12.8 Å². The van der Waals surface area contributed by atoms with E-state index in [2.05, 4.69) is 10.0 Å². The average Bonchev–Trinajstić information content (AvgIpc) is 2.66. The molecule has 0 aliphatic carbocycles. The first kappa shape index (κ1) is 23.4. The Balaban J connectivity index is 1.94. The van der Waals surface area contributed by atoms with Crippen molar-refractivity contribution in [3.05, 3.63) is 53.6 Å². The van der Waals surface area contributed by atoms with Crippen LogP contribution in [0.15, 0.2) is 47.4 Å². The van der Waals surface area contributed by atoms with E-state index in [1.807, 2.05) is 13.8 Å². The SMILES string of the molecule is Cc1cc(S(=O)(=O)NCC(C)C)ccc1OCC(=O)Nc1ccc(CC(N)=O)cc1. The summed E-state index contributed by atoms with van der Waals surface area (Å²) in [5.74, 6) is -0.177. The molecule has 0 bridgehead atoms. The number of ether oxygens (including phenoxy) is 1. The summed E-state index contributed by atoms with van der Waals surface area (Å²) in [5.41, 5.74) is 7.07. The molecule has 0 spiro atoms. The Hall–Kier alpha value is -2.91. The number of sulfonamides is 1. The van der Waals surface area contributed by atoms with E-state index in [9.17, 15) is 18.0 Å². The zero-order valence-electron chi connectivity index (χ0n) is 17.3. The predicted octanol–water partition coefficient (Wildman–Crippen LogP) is 1.97. The number of hydrogen-bond acceptors (Lipinski definition) is 5. The average molecular weight is 434 g/mol. The van der Waals surface area contributed by atoms with Crippen LogP contribution in [0.4, 0.5) is 5.69 Å². The van der Waals surface area contributed by atoms with Crippen molar-refractivity contribution in [2.24, 2.45) is 11.7 Å². The fourth-order valence-corrected chi connectivity index (χ4v) is 3.86. The van der Waals surface area contributed by atoms with Crippen molar-refractivity contribution in [2.75, 3.05) is 18.5 Å². The first-order chi connectivity index (χ1) is 14.1. The van der Waals surface area contributed by atoms with Gasteiger partial charge in [-0.15, -0.1) is 0 Å². The largest absolute Gasteiger partial charge is 0.483 e. The van der Waals surface area contributed by atoms with Crippen LogP contribution in [0.5, 0.6) is 5.75 Å². The smallest absolute Gasteiger partial charge is 0.262 e. The van der Waals surface area contributed by atoms with Crippen molar-refractivity contribution in [2.45, 2.75) is 32.1 Å². The topological polar surface area (TPSA) is 128 Å². The van der Waals surface area contributed by atoms with Gasteiger partial charge in [0.1, 0.15) is 5.75 Å². The molecule has 2 amide bonds. The van der Waals surface area contributed by atoms with Gasteiger partial charge in [-0.05, 0) is 54.3 Å². The normalized spacial score (nSPS) is 11.3. The summed E-state index contributed by atoms with van der Waals surface area (Å²) in [7, 11) is -3.59. The second kappa shape index (κ2) is 10.2. The van der Waals surface area contributed by atoms with Gasteiger partial charge >= 0.3 is 0 Å². The van der Waals surface area contributed by atoms with Crippen molar-refractivity contribution in [3.63, 3.8) is 0 Å². The van der Waals surface area contributed by atoms with Crippen LogP contribution in [0.25, 0.3) is 0 Å². The number of hydrogen-bond donors (Lipinski definition) is 3. The first-order valence-electron chi connectivity index (χ1n) is 9.47. The highest BCUT2D eigenvalue weighted by atomic mass is 32.2. The monoisotopic (exact) mass is 433 g/mol. The molecule has 2 aromatic carbocycles. The molecule has 0 saturated heterocycles. The molecule has 0 saturated carbocycles. The van der Waals surface area contributed by atoms with Crippen LogP contribution in [0.1, 0.15) is 25.0 Å². The number of aryl methyl sites for hydroxylation is 1. The molecule has 0 aromatic heterocycles. The number of nitrogens with one attached hydrogen (secondary N) is 2. The molecule has 0 heterocycles. The van der Waals surface area contributed by atoms with Crippen molar-refractivity contribution in [3.8, 4) is 5.75 Å². The quantitative estimate of drug-likeness (QED) is 0.528. The molecule has 2 rings (SSSR count). The van der Waals surface area contributed by atoms with Gasteiger partial charge in [0.15, 0.2) is 6.61 Å². The number of carbonyl (C=O) groups excluding carboxylic acids is 2. The van der Waals surface area contributed by atoms with Crippen molar-refractivity contribution in [1.29, 1.82) is 0 Å². The minimum atomic E-state index is -3.59. The maximum Gasteiger partial charge on any atom is 0.262 e. The molecule has 0 fully saturated rings. The predicted molar refractivity (Wildman–Crippen MR) is 115 cm³/mol. The summed E-state index contributed by atoms with van der Waals surface area (Å²) in [6.07, 6.45) is 0.134. The zero-order chi connectivity index (χ0) is 22.3. The van der Waals surface area contributed by atoms with Crippen LogP contribution in [0.2, 0.25) is 0 Å². The number of rotatable bonds is 10. The van der Waals surface area contributed by atoms with Crippen LogP contribution < -0.4 is 20.5 Å². The Morgan fingerprint density at radius 1 is 1.10 bits per heavy atom. The van der Waals surface area contributed by atoms with Crippen molar-refractivity contribution in [1.82, 2.24) is 4.72 Å². The number of anilines is 1. The Morgan fingerprint density at radius 2 is 1.77 bits per heavy atom. The highest BCUT2D eigenvalue weighted by Crippen LogP contribution is 2.22. The summed E-state index contributed by atoms with van der Waals surface area (Å²) >= 11 is 0. The summed E-state index contributed by atoms with van der Waals surface area (Å²) in [4.78, 5) is 23.2. The lowest BCUT2D eigenvalue weighted by molar-refractivity contribution is -0.118.